The van der Waals surface area contributed by atoms with Crippen molar-refractivity contribution >= 4 is 5.69 Å². The minimum atomic E-state index is 0.444. The molecule has 0 amide bonds. The van der Waals surface area contributed by atoms with Gasteiger partial charge in [0.1, 0.15) is 0 Å². The Morgan fingerprint density at radius 2 is 2.20 bits per heavy atom. The summed E-state index contributed by atoms with van der Waals surface area (Å²) in [5, 5.41) is 3.64. The van der Waals surface area contributed by atoms with Gasteiger partial charge in [-0.15, -0.1) is 0 Å². The molecule has 0 spiro atoms. The first kappa shape index (κ1) is 13.9. The van der Waals surface area contributed by atoms with Crippen molar-refractivity contribution in [1.29, 1.82) is 0 Å². The Hall–Kier alpha value is -1.06. The van der Waals surface area contributed by atoms with E-state index < -0.39 is 0 Å². The van der Waals surface area contributed by atoms with Crippen molar-refractivity contribution in [3.63, 3.8) is 0 Å². The minimum Gasteiger partial charge on any atom is -0.383 e. The Balaban J connectivity index is 1.61. The first-order valence-corrected chi connectivity index (χ1v) is 8.04. The van der Waals surface area contributed by atoms with Crippen molar-refractivity contribution in [2.75, 3.05) is 31.6 Å². The van der Waals surface area contributed by atoms with Crippen LogP contribution in [-0.4, -0.2) is 43.3 Å². The number of aryl methyl sites for hydroxylation is 1. The van der Waals surface area contributed by atoms with Crippen molar-refractivity contribution in [3.05, 3.63) is 29.8 Å². The Morgan fingerprint density at radius 1 is 1.30 bits per heavy atom. The van der Waals surface area contributed by atoms with Gasteiger partial charge in [0.05, 0.1) is 6.10 Å². The first-order valence-electron chi connectivity index (χ1n) is 8.04. The molecule has 1 N–H and O–H groups in total. The summed E-state index contributed by atoms with van der Waals surface area (Å²) in [7, 11) is 0. The van der Waals surface area contributed by atoms with Crippen LogP contribution in [0.5, 0.6) is 0 Å². The van der Waals surface area contributed by atoms with Crippen LogP contribution in [0.1, 0.15) is 31.7 Å². The molecule has 2 aliphatic rings. The fraction of sp³-hybridized carbons (Fsp3) is 0.647. The molecule has 2 heterocycles. The summed E-state index contributed by atoms with van der Waals surface area (Å²) in [4.78, 5) is 2.64. The molecule has 0 aliphatic carbocycles. The highest BCUT2D eigenvalue weighted by atomic mass is 16.5. The number of fused-ring (bicyclic) bond motifs is 1. The molecule has 2 atom stereocenters. The molecular formula is C17H26N2O. The first-order chi connectivity index (χ1) is 9.86. The Morgan fingerprint density at radius 3 is 3.10 bits per heavy atom. The van der Waals surface area contributed by atoms with Crippen LogP contribution < -0.4 is 5.32 Å². The summed E-state index contributed by atoms with van der Waals surface area (Å²) < 4.78 is 5.83. The van der Waals surface area contributed by atoms with Crippen molar-refractivity contribution in [3.8, 4) is 0 Å². The second-order valence-corrected chi connectivity index (χ2v) is 5.95. The molecule has 1 saturated heterocycles. The molecule has 0 bridgehead atoms. The number of ether oxygens (including phenoxy) is 1. The summed E-state index contributed by atoms with van der Waals surface area (Å²) in [5.41, 5.74) is 2.79. The molecule has 0 radical (unpaired) electrons. The molecule has 3 rings (SSSR count). The number of piperidine rings is 1. The van der Waals surface area contributed by atoms with Crippen LogP contribution in [0.4, 0.5) is 5.69 Å². The normalized spacial score (nSPS) is 27.4. The highest BCUT2D eigenvalue weighted by Crippen LogP contribution is 2.25. The van der Waals surface area contributed by atoms with E-state index in [0.29, 0.717) is 12.1 Å². The van der Waals surface area contributed by atoms with Crippen molar-refractivity contribution in [2.45, 2.75) is 44.8 Å². The zero-order valence-corrected chi connectivity index (χ0v) is 12.5. The summed E-state index contributed by atoms with van der Waals surface area (Å²) in [6.07, 6.45) is 5.38. The van der Waals surface area contributed by atoms with E-state index in [9.17, 15) is 0 Å². The number of rotatable bonds is 3. The van der Waals surface area contributed by atoms with Crippen molar-refractivity contribution in [2.24, 2.45) is 0 Å². The van der Waals surface area contributed by atoms with Crippen LogP contribution in [0.15, 0.2) is 24.3 Å². The average molecular weight is 274 g/mol. The van der Waals surface area contributed by atoms with E-state index in [-0.39, 0.29) is 0 Å². The maximum absolute atomic E-state index is 5.83. The zero-order valence-electron chi connectivity index (χ0n) is 12.5. The topological polar surface area (TPSA) is 24.5 Å². The molecule has 3 heteroatoms. The maximum Gasteiger partial charge on any atom is 0.0702 e. The Labute approximate surface area is 122 Å². The van der Waals surface area contributed by atoms with Gasteiger partial charge in [0, 0.05) is 31.4 Å². The maximum atomic E-state index is 5.83. The van der Waals surface area contributed by atoms with E-state index in [1.807, 2.05) is 0 Å². The van der Waals surface area contributed by atoms with Gasteiger partial charge in [0.15, 0.2) is 0 Å². The smallest absolute Gasteiger partial charge is 0.0702 e. The fourth-order valence-electron chi connectivity index (χ4n) is 3.54. The second-order valence-electron chi connectivity index (χ2n) is 5.95. The summed E-state index contributed by atoms with van der Waals surface area (Å²) in [6.45, 7) is 6.34. The SMILES string of the molecule is CCOC1CCCN(C2CCc3ccccc3NC2)C1. The Kier molecular flexibility index (Phi) is 4.58. The fourth-order valence-corrected chi connectivity index (χ4v) is 3.54. The van der Waals surface area contributed by atoms with Gasteiger partial charge < -0.3 is 10.1 Å². The van der Waals surface area contributed by atoms with E-state index in [0.717, 1.165) is 19.7 Å². The van der Waals surface area contributed by atoms with Gasteiger partial charge in [-0.3, -0.25) is 4.90 Å². The van der Waals surface area contributed by atoms with Crippen LogP contribution in [-0.2, 0) is 11.2 Å². The van der Waals surface area contributed by atoms with Crippen LogP contribution in [0.2, 0.25) is 0 Å². The molecule has 2 aliphatic heterocycles. The molecule has 3 nitrogen and oxygen atoms in total. The number of likely N-dealkylation sites (tertiary alicyclic amines) is 1. The third-order valence-electron chi connectivity index (χ3n) is 4.62. The molecule has 0 aromatic heterocycles. The van der Waals surface area contributed by atoms with Gasteiger partial charge in [-0.2, -0.15) is 0 Å². The van der Waals surface area contributed by atoms with Crippen molar-refractivity contribution < 1.29 is 4.74 Å². The molecule has 2 unspecified atom stereocenters. The van der Waals surface area contributed by atoms with E-state index in [2.05, 4.69) is 41.4 Å². The number of anilines is 1. The van der Waals surface area contributed by atoms with Crippen LogP contribution in [0, 0.1) is 0 Å². The van der Waals surface area contributed by atoms with E-state index in [1.54, 1.807) is 0 Å². The third-order valence-corrected chi connectivity index (χ3v) is 4.62. The molecule has 0 saturated carbocycles. The van der Waals surface area contributed by atoms with E-state index in [4.69, 9.17) is 4.74 Å². The van der Waals surface area contributed by atoms with Crippen molar-refractivity contribution in [1.82, 2.24) is 4.90 Å². The molecule has 1 aromatic carbocycles. The van der Waals surface area contributed by atoms with Gasteiger partial charge in [0.2, 0.25) is 0 Å². The lowest BCUT2D eigenvalue weighted by Crippen LogP contribution is -2.47. The van der Waals surface area contributed by atoms with E-state index >= 15 is 0 Å². The number of para-hydroxylation sites is 1. The van der Waals surface area contributed by atoms with Gasteiger partial charge in [-0.05, 0) is 50.8 Å². The van der Waals surface area contributed by atoms with Gasteiger partial charge in [-0.1, -0.05) is 18.2 Å². The van der Waals surface area contributed by atoms with Gasteiger partial charge in [0.25, 0.3) is 0 Å². The summed E-state index contributed by atoms with van der Waals surface area (Å²) >= 11 is 0. The van der Waals surface area contributed by atoms with E-state index in [1.165, 1.54) is 43.5 Å². The number of hydrogen-bond acceptors (Lipinski definition) is 3. The predicted molar refractivity (Wildman–Crippen MR) is 83.3 cm³/mol. The van der Waals surface area contributed by atoms with Gasteiger partial charge >= 0.3 is 0 Å². The molecular weight excluding hydrogens is 248 g/mol. The number of nitrogens with zero attached hydrogens (tertiary/aromatic N) is 1. The van der Waals surface area contributed by atoms with Crippen LogP contribution in [0.25, 0.3) is 0 Å². The highest BCUT2D eigenvalue weighted by molar-refractivity contribution is 5.52. The number of hydrogen-bond donors (Lipinski definition) is 1. The lowest BCUT2D eigenvalue weighted by molar-refractivity contribution is -0.00649. The standard InChI is InChI=1S/C17H26N2O/c1-2-20-16-7-5-11-19(13-16)15-10-9-14-6-3-4-8-17(14)18-12-15/h3-4,6,8,15-16,18H,2,5,7,9-13H2,1H3. The molecule has 1 aromatic rings. The summed E-state index contributed by atoms with van der Waals surface area (Å²) in [6, 6.07) is 9.37. The second kappa shape index (κ2) is 6.59. The number of benzene rings is 1. The highest BCUT2D eigenvalue weighted by Gasteiger charge is 2.27. The monoisotopic (exact) mass is 274 g/mol. The lowest BCUT2D eigenvalue weighted by Gasteiger charge is -2.37. The Bertz CT molecular complexity index is 406. The largest absolute Gasteiger partial charge is 0.383 e. The molecule has 110 valence electrons. The lowest BCUT2D eigenvalue weighted by atomic mass is 10.0. The predicted octanol–water partition coefficient (Wildman–Crippen LogP) is 2.91. The minimum absolute atomic E-state index is 0.444. The zero-order chi connectivity index (χ0) is 13.8. The number of nitrogens with one attached hydrogen (secondary N) is 1. The van der Waals surface area contributed by atoms with Crippen LogP contribution >= 0.6 is 0 Å². The molecule has 1 fully saturated rings. The van der Waals surface area contributed by atoms with Crippen LogP contribution in [0.3, 0.4) is 0 Å². The van der Waals surface area contributed by atoms with Gasteiger partial charge in [-0.25, -0.2) is 0 Å². The molecule has 20 heavy (non-hydrogen) atoms. The quantitative estimate of drug-likeness (QED) is 0.917. The third kappa shape index (κ3) is 3.15. The summed E-state index contributed by atoms with van der Waals surface area (Å²) in [5.74, 6) is 0. The average Bonchev–Trinajstić information content (AvgIpc) is 2.70.